The number of rotatable bonds is 5. The molecule has 2 N–H and O–H groups in total. The monoisotopic (exact) mass is 390 g/mol. The zero-order valence-corrected chi connectivity index (χ0v) is 16.1. The van der Waals surface area contributed by atoms with Crippen molar-refractivity contribution in [3.05, 3.63) is 29.8 Å². The van der Waals surface area contributed by atoms with Crippen molar-refractivity contribution in [2.45, 2.75) is 36.5 Å². The highest BCUT2D eigenvalue weighted by Crippen LogP contribution is 2.28. The summed E-state index contributed by atoms with van der Waals surface area (Å²) in [4.78, 5) is 0. The molecule has 2 aliphatic heterocycles. The van der Waals surface area contributed by atoms with Gasteiger partial charge in [-0.05, 0) is 43.5 Å². The molecular weight excluding hydrogens is 364 g/mol. The molecule has 3 atom stereocenters. The Bertz CT molecular complexity index is 633. The van der Waals surface area contributed by atoms with Gasteiger partial charge in [-0.15, -0.1) is 12.4 Å². The first-order valence-corrected chi connectivity index (χ1v) is 10.1. The average molecular weight is 391 g/mol. The summed E-state index contributed by atoms with van der Waals surface area (Å²) in [6.07, 6.45) is 2.37. The predicted octanol–water partition coefficient (Wildman–Crippen LogP) is 1.66. The molecule has 2 fully saturated rings. The lowest BCUT2D eigenvalue weighted by molar-refractivity contribution is 0.0986. The molecule has 8 heteroatoms. The molecule has 0 spiro atoms. The van der Waals surface area contributed by atoms with Crippen LogP contribution < -0.4 is 14.8 Å². The van der Waals surface area contributed by atoms with Crippen molar-refractivity contribution in [2.24, 2.45) is 0 Å². The highest BCUT2D eigenvalue weighted by atomic mass is 35.5. The van der Waals surface area contributed by atoms with Gasteiger partial charge in [0.05, 0.1) is 19.0 Å². The van der Waals surface area contributed by atoms with Crippen molar-refractivity contribution in [1.29, 1.82) is 0 Å². The molecule has 2 saturated heterocycles. The van der Waals surface area contributed by atoms with E-state index in [1.807, 2.05) is 24.3 Å². The summed E-state index contributed by atoms with van der Waals surface area (Å²) in [5, 5.41) is 2.86. The lowest BCUT2D eigenvalue weighted by Crippen LogP contribution is -2.53. The Morgan fingerprint density at radius 1 is 1.24 bits per heavy atom. The Kier molecular flexibility index (Phi) is 7.51. The maximum absolute atomic E-state index is 12.7. The highest BCUT2D eigenvalue weighted by Gasteiger charge is 2.34. The predicted molar refractivity (Wildman–Crippen MR) is 100 cm³/mol. The molecule has 3 unspecified atom stereocenters. The van der Waals surface area contributed by atoms with Gasteiger partial charge in [0.1, 0.15) is 5.75 Å². The molecule has 2 aliphatic rings. The Labute approximate surface area is 156 Å². The van der Waals surface area contributed by atoms with Crippen LogP contribution in [0.5, 0.6) is 5.75 Å². The van der Waals surface area contributed by atoms with Gasteiger partial charge in [0.15, 0.2) is 0 Å². The third-order valence-corrected chi connectivity index (χ3v) is 6.78. The molecule has 0 saturated carbocycles. The van der Waals surface area contributed by atoms with E-state index in [0.717, 1.165) is 30.7 Å². The van der Waals surface area contributed by atoms with Crippen molar-refractivity contribution in [3.8, 4) is 5.75 Å². The number of hydrogen-bond acceptors (Lipinski definition) is 5. The van der Waals surface area contributed by atoms with Crippen LogP contribution in [0.3, 0.4) is 0 Å². The summed E-state index contributed by atoms with van der Waals surface area (Å²) in [5.74, 6) is 0.973. The van der Waals surface area contributed by atoms with Gasteiger partial charge >= 0.3 is 0 Å². The van der Waals surface area contributed by atoms with Gasteiger partial charge in [-0.1, -0.05) is 12.1 Å². The fourth-order valence-electron chi connectivity index (χ4n) is 3.50. The molecule has 6 nitrogen and oxygen atoms in total. The van der Waals surface area contributed by atoms with Crippen LogP contribution in [0.4, 0.5) is 0 Å². The van der Waals surface area contributed by atoms with Crippen LogP contribution in [0, 0.1) is 0 Å². The molecule has 0 amide bonds. The van der Waals surface area contributed by atoms with E-state index < -0.39 is 15.3 Å². The van der Waals surface area contributed by atoms with Crippen molar-refractivity contribution >= 4 is 22.4 Å². The van der Waals surface area contributed by atoms with E-state index in [2.05, 4.69) is 10.0 Å². The van der Waals surface area contributed by atoms with Crippen LogP contribution in [-0.4, -0.2) is 53.1 Å². The van der Waals surface area contributed by atoms with Crippen LogP contribution in [0.15, 0.2) is 24.3 Å². The first kappa shape index (κ1) is 20.5. The first-order valence-electron chi connectivity index (χ1n) is 8.54. The number of hydrogen-bond donors (Lipinski definition) is 2. The lowest BCUT2D eigenvalue weighted by atomic mass is 9.86. The van der Waals surface area contributed by atoms with Crippen molar-refractivity contribution < 1.29 is 17.9 Å². The van der Waals surface area contributed by atoms with Gasteiger partial charge in [-0.2, -0.15) is 0 Å². The van der Waals surface area contributed by atoms with Gasteiger partial charge in [0.25, 0.3) is 0 Å². The summed E-state index contributed by atoms with van der Waals surface area (Å²) in [6, 6.07) is 7.77. The van der Waals surface area contributed by atoms with Crippen molar-refractivity contribution in [3.63, 3.8) is 0 Å². The molecule has 1 aromatic rings. The van der Waals surface area contributed by atoms with E-state index in [1.54, 1.807) is 7.11 Å². The lowest BCUT2D eigenvalue weighted by Gasteiger charge is -2.34. The van der Waals surface area contributed by atoms with Gasteiger partial charge in [-0.25, -0.2) is 13.1 Å². The molecule has 0 aliphatic carbocycles. The molecule has 3 rings (SSSR count). The average Bonchev–Trinajstić information content (AvgIpc) is 2.63. The molecule has 0 radical (unpaired) electrons. The number of methoxy groups -OCH3 is 1. The molecule has 0 aromatic heterocycles. The second-order valence-corrected chi connectivity index (χ2v) is 8.47. The summed E-state index contributed by atoms with van der Waals surface area (Å²) < 4.78 is 38.9. The number of sulfonamides is 1. The van der Waals surface area contributed by atoms with Gasteiger partial charge in [-0.3, -0.25) is 0 Å². The summed E-state index contributed by atoms with van der Waals surface area (Å²) in [6.45, 7) is 2.49. The second kappa shape index (κ2) is 9.19. The Hall–Kier alpha value is -0.860. The number of nitrogens with one attached hydrogen (secondary N) is 2. The Morgan fingerprint density at radius 2 is 2.00 bits per heavy atom. The van der Waals surface area contributed by atoms with Crippen LogP contribution >= 0.6 is 12.4 Å². The third-order valence-electron chi connectivity index (χ3n) is 4.90. The molecule has 25 heavy (non-hydrogen) atoms. The minimum Gasteiger partial charge on any atom is -0.497 e. The van der Waals surface area contributed by atoms with Gasteiger partial charge < -0.3 is 14.8 Å². The summed E-state index contributed by atoms with van der Waals surface area (Å²) >= 11 is 0. The summed E-state index contributed by atoms with van der Waals surface area (Å²) in [7, 11) is -1.73. The zero-order chi connectivity index (χ0) is 17.0. The number of ether oxygens (including phenoxy) is 2. The normalized spacial score (nSPS) is 27.3. The van der Waals surface area contributed by atoms with Crippen molar-refractivity contribution in [2.75, 3.05) is 33.4 Å². The van der Waals surface area contributed by atoms with E-state index in [4.69, 9.17) is 9.47 Å². The van der Waals surface area contributed by atoms with E-state index in [9.17, 15) is 8.42 Å². The quantitative estimate of drug-likeness (QED) is 0.799. The van der Waals surface area contributed by atoms with Crippen LogP contribution in [-0.2, 0) is 14.8 Å². The summed E-state index contributed by atoms with van der Waals surface area (Å²) in [5.41, 5.74) is 1.14. The fourth-order valence-corrected chi connectivity index (χ4v) is 5.11. The molecule has 142 valence electrons. The third kappa shape index (κ3) is 5.08. The van der Waals surface area contributed by atoms with Gasteiger partial charge in [0, 0.05) is 25.1 Å². The Morgan fingerprint density at radius 3 is 2.64 bits per heavy atom. The standard InChI is InChI=1S/C17H26N2O4S.ClH/c1-22-14-6-4-13(5-7-14)16-8-9-18-11-17(16)19-24(20,21)15-3-2-10-23-12-15;/h4-7,15-19H,2-3,8-12H2,1H3;1H. The van der Waals surface area contributed by atoms with Crippen LogP contribution in [0.25, 0.3) is 0 Å². The maximum atomic E-state index is 12.7. The number of benzene rings is 1. The topological polar surface area (TPSA) is 76.7 Å². The SMILES string of the molecule is COc1ccc(C2CCNCC2NS(=O)(=O)C2CCCOC2)cc1.Cl. The van der Waals surface area contributed by atoms with Crippen LogP contribution in [0.2, 0.25) is 0 Å². The minimum atomic E-state index is -3.38. The maximum Gasteiger partial charge on any atom is 0.217 e. The zero-order valence-electron chi connectivity index (χ0n) is 14.4. The molecule has 1 aromatic carbocycles. The van der Waals surface area contributed by atoms with E-state index in [-0.39, 0.29) is 24.4 Å². The molecule has 2 heterocycles. The second-order valence-electron chi connectivity index (χ2n) is 6.48. The fraction of sp³-hybridized carbons (Fsp3) is 0.647. The first-order chi connectivity index (χ1) is 11.6. The minimum absolute atomic E-state index is 0. The van der Waals surface area contributed by atoms with Crippen LogP contribution in [0.1, 0.15) is 30.7 Å². The Balaban J connectivity index is 0.00000225. The van der Waals surface area contributed by atoms with Gasteiger partial charge in [0.2, 0.25) is 10.0 Å². The van der Waals surface area contributed by atoms with Crippen molar-refractivity contribution in [1.82, 2.24) is 10.0 Å². The number of piperidine rings is 1. The van der Waals surface area contributed by atoms with E-state index >= 15 is 0 Å². The smallest absolute Gasteiger partial charge is 0.217 e. The molecular formula is C17H27ClN2O4S. The molecule has 0 bridgehead atoms. The largest absolute Gasteiger partial charge is 0.497 e. The number of halogens is 1. The van der Waals surface area contributed by atoms with E-state index in [0.29, 0.717) is 26.2 Å². The highest BCUT2D eigenvalue weighted by molar-refractivity contribution is 7.90. The van der Waals surface area contributed by atoms with E-state index in [1.165, 1.54) is 0 Å².